The third-order valence-corrected chi connectivity index (χ3v) is 2.95. The number of aryl methyl sites for hydroxylation is 1. The summed E-state index contributed by atoms with van der Waals surface area (Å²) in [5, 5.41) is 0. The zero-order chi connectivity index (χ0) is 11.5. The number of unbranched alkanes of at least 4 members (excludes halogenated alkanes) is 1. The molecule has 1 aromatic heterocycles. The second-order valence-corrected chi connectivity index (χ2v) is 4.34. The summed E-state index contributed by atoms with van der Waals surface area (Å²) in [6.45, 7) is 4.25. The molecule has 1 unspecified atom stereocenters. The molecular weight excluding hydrogens is 198 g/mol. The third kappa shape index (κ3) is 2.09. The lowest BCUT2D eigenvalue weighted by molar-refractivity contribution is 0.581. The average molecular weight is 217 g/mol. The van der Waals surface area contributed by atoms with Gasteiger partial charge in [0, 0.05) is 0 Å². The van der Waals surface area contributed by atoms with Gasteiger partial charge in [0.2, 0.25) is 0 Å². The van der Waals surface area contributed by atoms with Gasteiger partial charge in [0.1, 0.15) is 5.82 Å². The number of imidazole rings is 1. The lowest BCUT2D eigenvalue weighted by atomic mass is 10.1. The van der Waals surface area contributed by atoms with Gasteiger partial charge in [0.25, 0.3) is 0 Å². The monoisotopic (exact) mass is 217 g/mol. The van der Waals surface area contributed by atoms with Crippen LogP contribution in [0.5, 0.6) is 0 Å². The van der Waals surface area contributed by atoms with Crippen LogP contribution in [0.15, 0.2) is 18.2 Å². The number of hydrogen-bond acceptors (Lipinski definition) is 2. The molecule has 0 saturated carbocycles. The first-order chi connectivity index (χ1) is 7.72. The predicted octanol–water partition coefficient (Wildman–Crippen LogP) is 3.06. The van der Waals surface area contributed by atoms with Gasteiger partial charge in [-0.3, -0.25) is 0 Å². The molecule has 3 heteroatoms. The van der Waals surface area contributed by atoms with E-state index in [2.05, 4.69) is 29.9 Å². The molecule has 3 N–H and O–H groups in total. The molecule has 0 aliphatic rings. The molecule has 0 fully saturated rings. The van der Waals surface area contributed by atoms with Crippen molar-refractivity contribution in [2.75, 3.05) is 0 Å². The summed E-state index contributed by atoms with van der Waals surface area (Å²) in [6.07, 6.45) is 3.32. The molecule has 0 aliphatic carbocycles. The van der Waals surface area contributed by atoms with Crippen molar-refractivity contribution in [3.63, 3.8) is 0 Å². The van der Waals surface area contributed by atoms with Crippen molar-refractivity contribution >= 4 is 11.0 Å². The molecule has 2 aromatic rings. The van der Waals surface area contributed by atoms with E-state index in [-0.39, 0.29) is 6.04 Å². The van der Waals surface area contributed by atoms with E-state index in [1.807, 2.05) is 12.1 Å². The average Bonchev–Trinajstić information content (AvgIpc) is 2.71. The standard InChI is InChI=1S/C13H19N3/c1-3-4-7-10(14)13-15-11-8-5-6-9(2)12(11)16-13/h5-6,8,10H,3-4,7,14H2,1-2H3,(H,15,16). The third-order valence-electron chi connectivity index (χ3n) is 2.95. The summed E-state index contributed by atoms with van der Waals surface area (Å²) in [4.78, 5) is 7.89. The van der Waals surface area contributed by atoms with E-state index in [0.717, 1.165) is 29.7 Å². The van der Waals surface area contributed by atoms with Crippen molar-refractivity contribution in [1.82, 2.24) is 9.97 Å². The fourth-order valence-corrected chi connectivity index (χ4v) is 1.93. The zero-order valence-corrected chi connectivity index (χ0v) is 9.96. The number of nitrogens with zero attached hydrogens (tertiary/aromatic N) is 1. The number of nitrogens with two attached hydrogens (primary N) is 1. The van der Waals surface area contributed by atoms with Gasteiger partial charge in [-0.15, -0.1) is 0 Å². The molecule has 16 heavy (non-hydrogen) atoms. The highest BCUT2D eigenvalue weighted by Crippen LogP contribution is 2.20. The van der Waals surface area contributed by atoms with Gasteiger partial charge in [0.15, 0.2) is 0 Å². The summed E-state index contributed by atoms with van der Waals surface area (Å²) in [5.74, 6) is 0.915. The maximum atomic E-state index is 6.10. The molecule has 0 amide bonds. The smallest absolute Gasteiger partial charge is 0.124 e. The molecule has 1 atom stereocenters. The van der Waals surface area contributed by atoms with Crippen molar-refractivity contribution in [3.05, 3.63) is 29.6 Å². The Morgan fingerprint density at radius 2 is 2.25 bits per heavy atom. The topological polar surface area (TPSA) is 54.7 Å². The van der Waals surface area contributed by atoms with E-state index in [9.17, 15) is 0 Å². The molecule has 86 valence electrons. The number of H-pyrrole nitrogens is 1. The van der Waals surface area contributed by atoms with Crippen molar-refractivity contribution in [3.8, 4) is 0 Å². The van der Waals surface area contributed by atoms with E-state index in [1.165, 1.54) is 12.0 Å². The van der Waals surface area contributed by atoms with Crippen LogP contribution in [0.25, 0.3) is 11.0 Å². The van der Waals surface area contributed by atoms with Gasteiger partial charge in [-0.05, 0) is 25.0 Å². The summed E-state index contributed by atoms with van der Waals surface area (Å²) in [6, 6.07) is 6.19. The van der Waals surface area contributed by atoms with Crippen LogP contribution in [-0.4, -0.2) is 9.97 Å². The molecular formula is C13H19N3. The van der Waals surface area contributed by atoms with E-state index in [0.29, 0.717) is 0 Å². The predicted molar refractivity (Wildman–Crippen MR) is 67.3 cm³/mol. The number of nitrogens with one attached hydrogen (secondary N) is 1. The first-order valence-electron chi connectivity index (χ1n) is 5.93. The molecule has 3 nitrogen and oxygen atoms in total. The van der Waals surface area contributed by atoms with E-state index in [4.69, 9.17) is 5.73 Å². The lowest BCUT2D eigenvalue weighted by Crippen LogP contribution is -2.11. The molecule has 2 rings (SSSR count). The van der Waals surface area contributed by atoms with Crippen LogP contribution in [0.3, 0.4) is 0 Å². The maximum absolute atomic E-state index is 6.10. The highest BCUT2D eigenvalue weighted by atomic mass is 15.0. The Hall–Kier alpha value is -1.35. The molecule has 1 heterocycles. The number of hydrogen-bond donors (Lipinski definition) is 2. The fraction of sp³-hybridized carbons (Fsp3) is 0.462. The van der Waals surface area contributed by atoms with Gasteiger partial charge in [-0.2, -0.15) is 0 Å². The summed E-state index contributed by atoms with van der Waals surface area (Å²) < 4.78 is 0. The first-order valence-corrected chi connectivity index (χ1v) is 5.93. The lowest BCUT2D eigenvalue weighted by Gasteiger charge is -2.06. The number of fused-ring (bicyclic) bond motifs is 1. The molecule has 0 aliphatic heterocycles. The van der Waals surface area contributed by atoms with Crippen molar-refractivity contribution < 1.29 is 0 Å². The summed E-state index contributed by atoms with van der Waals surface area (Å²) in [7, 11) is 0. The largest absolute Gasteiger partial charge is 0.341 e. The second-order valence-electron chi connectivity index (χ2n) is 4.34. The number of para-hydroxylation sites is 1. The second kappa shape index (κ2) is 4.66. The van der Waals surface area contributed by atoms with Gasteiger partial charge >= 0.3 is 0 Å². The molecule has 0 bridgehead atoms. The van der Waals surface area contributed by atoms with Crippen LogP contribution >= 0.6 is 0 Å². The normalized spacial score (nSPS) is 13.2. The molecule has 0 radical (unpaired) electrons. The van der Waals surface area contributed by atoms with Crippen LogP contribution in [-0.2, 0) is 0 Å². The van der Waals surface area contributed by atoms with Crippen LogP contribution in [0.4, 0.5) is 0 Å². The number of rotatable bonds is 4. The van der Waals surface area contributed by atoms with Gasteiger partial charge in [-0.25, -0.2) is 4.98 Å². The highest BCUT2D eigenvalue weighted by molar-refractivity contribution is 5.78. The Morgan fingerprint density at radius 1 is 1.44 bits per heavy atom. The van der Waals surface area contributed by atoms with Crippen LogP contribution in [0, 0.1) is 6.92 Å². The van der Waals surface area contributed by atoms with E-state index < -0.39 is 0 Å². The Labute approximate surface area is 96.1 Å². The van der Waals surface area contributed by atoms with Crippen molar-refractivity contribution in [2.24, 2.45) is 5.73 Å². The maximum Gasteiger partial charge on any atom is 0.124 e. The minimum Gasteiger partial charge on any atom is -0.341 e. The summed E-state index contributed by atoms with van der Waals surface area (Å²) >= 11 is 0. The summed E-state index contributed by atoms with van der Waals surface area (Å²) in [5.41, 5.74) is 9.43. The fourth-order valence-electron chi connectivity index (χ4n) is 1.93. The highest BCUT2D eigenvalue weighted by Gasteiger charge is 2.11. The van der Waals surface area contributed by atoms with E-state index in [1.54, 1.807) is 0 Å². The number of aromatic nitrogens is 2. The Bertz CT molecular complexity index is 473. The number of aromatic amines is 1. The minimum absolute atomic E-state index is 0.0340. The molecule has 1 aromatic carbocycles. The molecule has 0 saturated heterocycles. The van der Waals surface area contributed by atoms with Crippen LogP contribution < -0.4 is 5.73 Å². The van der Waals surface area contributed by atoms with Crippen LogP contribution in [0.1, 0.15) is 43.6 Å². The van der Waals surface area contributed by atoms with Crippen molar-refractivity contribution in [2.45, 2.75) is 39.2 Å². The van der Waals surface area contributed by atoms with Gasteiger partial charge < -0.3 is 10.7 Å². The van der Waals surface area contributed by atoms with Gasteiger partial charge in [-0.1, -0.05) is 31.9 Å². The van der Waals surface area contributed by atoms with Crippen LogP contribution in [0.2, 0.25) is 0 Å². The minimum atomic E-state index is 0.0340. The Balaban J connectivity index is 2.29. The Kier molecular flexibility index (Phi) is 3.25. The zero-order valence-electron chi connectivity index (χ0n) is 9.96. The van der Waals surface area contributed by atoms with Crippen molar-refractivity contribution in [1.29, 1.82) is 0 Å². The Morgan fingerprint density at radius 3 is 2.94 bits per heavy atom. The van der Waals surface area contributed by atoms with E-state index >= 15 is 0 Å². The molecule has 0 spiro atoms. The quantitative estimate of drug-likeness (QED) is 0.827. The first kappa shape index (κ1) is 11.1. The SMILES string of the molecule is CCCCC(N)c1nc2c(C)cccc2[nH]1. The number of benzene rings is 1. The van der Waals surface area contributed by atoms with Gasteiger partial charge in [0.05, 0.1) is 17.1 Å².